The Balaban J connectivity index is 1.76. The summed E-state index contributed by atoms with van der Waals surface area (Å²) in [5.74, 6) is 1.66. The Morgan fingerprint density at radius 1 is 0.867 bits per heavy atom. The van der Waals surface area contributed by atoms with E-state index >= 15 is 0 Å². The van der Waals surface area contributed by atoms with Crippen molar-refractivity contribution in [1.29, 1.82) is 0 Å². The second kappa shape index (κ2) is 10.3. The SMILES string of the molecule is CCC(NC(=O)c1ccccc1OCc1ccccc1)c1ccc(OC)c(OC)c1. The lowest BCUT2D eigenvalue weighted by atomic mass is 10.0. The lowest BCUT2D eigenvalue weighted by Gasteiger charge is -2.20. The van der Waals surface area contributed by atoms with Gasteiger partial charge in [-0.05, 0) is 41.8 Å². The highest BCUT2D eigenvalue weighted by Crippen LogP contribution is 2.31. The second-order valence-corrected chi connectivity index (χ2v) is 6.82. The van der Waals surface area contributed by atoms with Crippen molar-refractivity contribution >= 4 is 5.91 Å². The standard InChI is InChI=1S/C25H27NO4/c1-4-21(19-14-15-23(28-2)24(16-19)29-3)26-25(27)20-12-8-9-13-22(20)30-17-18-10-6-5-7-11-18/h5-16,21H,4,17H2,1-3H3,(H,26,27). The predicted molar refractivity (Wildman–Crippen MR) is 117 cm³/mol. The fraction of sp³-hybridized carbons (Fsp3) is 0.240. The Kier molecular flexibility index (Phi) is 7.33. The van der Waals surface area contributed by atoms with E-state index in [9.17, 15) is 4.79 Å². The highest BCUT2D eigenvalue weighted by atomic mass is 16.5. The number of hydrogen-bond acceptors (Lipinski definition) is 4. The van der Waals surface area contributed by atoms with Crippen LogP contribution in [0.4, 0.5) is 0 Å². The molecule has 3 aromatic carbocycles. The summed E-state index contributed by atoms with van der Waals surface area (Å²) >= 11 is 0. The summed E-state index contributed by atoms with van der Waals surface area (Å²) in [7, 11) is 3.20. The Morgan fingerprint density at radius 2 is 1.57 bits per heavy atom. The molecular weight excluding hydrogens is 378 g/mol. The molecule has 0 fully saturated rings. The van der Waals surface area contributed by atoms with Gasteiger partial charge in [0.2, 0.25) is 0 Å². The molecule has 0 saturated heterocycles. The minimum atomic E-state index is -0.180. The summed E-state index contributed by atoms with van der Waals surface area (Å²) in [6.45, 7) is 2.43. The van der Waals surface area contributed by atoms with E-state index in [0.717, 1.165) is 17.5 Å². The van der Waals surface area contributed by atoms with E-state index in [-0.39, 0.29) is 11.9 Å². The number of rotatable bonds is 9. The van der Waals surface area contributed by atoms with Gasteiger partial charge in [-0.15, -0.1) is 0 Å². The smallest absolute Gasteiger partial charge is 0.255 e. The second-order valence-electron chi connectivity index (χ2n) is 6.82. The van der Waals surface area contributed by atoms with E-state index in [4.69, 9.17) is 14.2 Å². The summed E-state index contributed by atoms with van der Waals surface area (Å²) in [6, 6.07) is 22.7. The molecule has 30 heavy (non-hydrogen) atoms. The Hall–Kier alpha value is -3.47. The zero-order valence-corrected chi connectivity index (χ0v) is 17.6. The van der Waals surface area contributed by atoms with Crippen LogP contribution < -0.4 is 19.5 Å². The monoisotopic (exact) mass is 405 g/mol. The number of carbonyl (C=O) groups excluding carboxylic acids is 1. The first-order valence-electron chi connectivity index (χ1n) is 9.94. The lowest BCUT2D eigenvalue weighted by molar-refractivity contribution is 0.0931. The maximum atomic E-state index is 13.0. The van der Waals surface area contributed by atoms with Gasteiger partial charge in [-0.1, -0.05) is 55.5 Å². The molecule has 0 aliphatic carbocycles. The van der Waals surface area contributed by atoms with Crippen molar-refractivity contribution in [1.82, 2.24) is 5.32 Å². The van der Waals surface area contributed by atoms with Crippen LogP contribution in [-0.4, -0.2) is 20.1 Å². The minimum absolute atomic E-state index is 0.167. The summed E-state index contributed by atoms with van der Waals surface area (Å²) in [5.41, 5.74) is 2.50. The molecule has 0 saturated carbocycles. The molecule has 1 N–H and O–H groups in total. The van der Waals surface area contributed by atoms with E-state index in [1.165, 1.54) is 0 Å². The van der Waals surface area contributed by atoms with Crippen LogP contribution in [0.25, 0.3) is 0 Å². The first-order chi connectivity index (χ1) is 14.7. The third-order valence-corrected chi connectivity index (χ3v) is 4.89. The van der Waals surface area contributed by atoms with Crippen molar-refractivity contribution in [3.8, 4) is 17.2 Å². The van der Waals surface area contributed by atoms with Crippen molar-refractivity contribution < 1.29 is 19.0 Å². The molecule has 0 heterocycles. The molecule has 156 valence electrons. The van der Waals surface area contributed by atoms with Crippen molar-refractivity contribution in [3.63, 3.8) is 0 Å². The van der Waals surface area contributed by atoms with Crippen LogP contribution in [0.2, 0.25) is 0 Å². The molecule has 1 unspecified atom stereocenters. The molecule has 5 nitrogen and oxygen atoms in total. The van der Waals surface area contributed by atoms with E-state index in [0.29, 0.717) is 29.4 Å². The topological polar surface area (TPSA) is 56.8 Å². The van der Waals surface area contributed by atoms with E-state index in [1.54, 1.807) is 20.3 Å². The van der Waals surface area contributed by atoms with E-state index in [2.05, 4.69) is 5.32 Å². The van der Waals surface area contributed by atoms with Gasteiger partial charge < -0.3 is 19.5 Å². The largest absolute Gasteiger partial charge is 0.493 e. The van der Waals surface area contributed by atoms with Crippen LogP contribution in [-0.2, 0) is 6.61 Å². The summed E-state index contributed by atoms with van der Waals surface area (Å²) in [4.78, 5) is 13.0. The van der Waals surface area contributed by atoms with Crippen LogP contribution in [0.3, 0.4) is 0 Å². The Bertz CT molecular complexity index is 972. The molecule has 0 radical (unpaired) electrons. The molecule has 5 heteroatoms. The zero-order valence-electron chi connectivity index (χ0n) is 17.6. The van der Waals surface area contributed by atoms with Gasteiger partial charge >= 0.3 is 0 Å². The van der Waals surface area contributed by atoms with Gasteiger partial charge in [0.05, 0.1) is 25.8 Å². The van der Waals surface area contributed by atoms with Gasteiger partial charge in [-0.25, -0.2) is 0 Å². The average molecular weight is 405 g/mol. The van der Waals surface area contributed by atoms with Crippen molar-refractivity contribution in [2.75, 3.05) is 14.2 Å². The van der Waals surface area contributed by atoms with Gasteiger partial charge in [0.15, 0.2) is 11.5 Å². The van der Waals surface area contributed by atoms with Gasteiger partial charge in [0, 0.05) is 0 Å². The molecular formula is C25H27NO4. The molecule has 0 aromatic heterocycles. The van der Waals surface area contributed by atoms with Crippen molar-refractivity contribution in [2.45, 2.75) is 26.0 Å². The third-order valence-electron chi connectivity index (χ3n) is 4.89. The first kappa shape index (κ1) is 21.2. The summed E-state index contributed by atoms with van der Waals surface area (Å²) in [5, 5.41) is 3.11. The van der Waals surface area contributed by atoms with Crippen molar-refractivity contribution in [2.24, 2.45) is 0 Å². The van der Waals surface area contributed by atoms with Gasteiger partial charge in [0.1, 0.15) is 12.4 Å². The maximum absolute atomic E-state index is 13.0. The Labute approximate surface area is 177 Å². The zero-order chi connectivity index (χ0) is 21.3. The molecule has 0 aliphatic rings. The highest BCUT2D eigenvalue weighted by Gasteiger charge is 2.19. The molecule has 1 amide bonds. The lowest BCUT2D eigenvalue weighted by Crippen LogP contribution is -2.28. The van der Waals surface area contributed by atoms with Crippen LogP contribution in [0, 0.1) is 0 Å². The number of hydrogen-bond donors (Lipinski definition) is 1. The molecule has 3 rings (SSSR count). The molecule has 0 bridgehead atoms. The van der Waals surface area contributed by atoms with E-state index < -0.39 is 0 Å². The Morgan fingerprint density at radius 3 is 2.27 bits per heavy atom. The first-order valence-corrected chi connectivity index (χ1v) is 9.94. The van der Waals surface area contributed by atoms with Gasteiger partial charge in [-0.2, -0.15) is 0 Å². The molecule has 0 aliphatic heterocycles. The molecule has 3 aromatic rings. The van der Waals surface area contributed by atoms with Crippen LogP contribution in [0.5, 0.6) is 17.2 Å². The van der Waals surface area contributed by atoms with Crippen LogP contribution in [0.1, 0.15) is 40.9 Å². The predicted octanol–water partition coefficient (Wildman–Crippen LogP) is 5.16. The summed E-state index contributed by atoms with van der Waals surface area (Å²) in [6.07, 6.45) is 0.730. The normalized spacial score (nSPS) is 11.4. The van der Waals surface area contributed by atoms with Crippen LogP contribution in [0.15, 0.2) is 72.8 Å². The molecule has 1 atom stereocenters. The number of ether oxygens (including phenoxy) is 3. The number of para-hydroxylation sites is 1. The fourth-order valence-electron chi connectivity index (χ4n) is 3.24. The maximum Gasteiger partial charge on any atom is 0.255 e. The number of carbonyl (C=O) groups is 1. The van der Waals surface area contributed by atoms with Crippen molar-refractivity contribution in [3.05, 3.63) is 89.5 Å². The fourth-order valence-corrected chi connectivity index (χ4v) is 3.24. The molecule has 0 spiro atoms. The number of nitrogens with one attached hydrogen (secondary N) is 1. The summed E-state index contributed by atoms with van der Waals surface area (Å²) < 4.78 is 16.6. The van der Waals surface area contributed by atoms with E-state index in [1.807, 2.05) is 73.7 Å². The minimum Gasteiger partial charge on any atom is -0.493 e. The number of methoxy groups -OCH3 is 2. The quantitative estimate of drug-likeness (QED) is 0.534. The highest BCUT2D eigenvalue weighted by molar-refractivity contribution is 5.97. The van der Waals surface area contributed by atoms with Crippen LogP contribution >= 0.6 is 0 Å². The third kappa shape index (κ3) is 5.11. The van der Waals surface area contributed by atoms with Gasteiger partial charge in [0.25, 0.3) is 5.91 Å². The van der Waals surface area contributed by atoms with Gasteiger partial charge in [-0.3, -0.25) is 4.79 Å². The number of benzene rings is 3. The number of amides is 1. The average Bonchev–Trinajstić information content (AvgIpc) is 2.81.